The second-order valence-corrected chi connectivity index (χ2v) is 4.04. The third-order valence-corrected chi connectivity index (χ3v) is 2.98. The van der Waals surface area contributed by atoms with E-state index in [1.54, 1.807) is 6.07 Å². The van der Waals surface area contributed by atoms with Gasteiger partial charge in [-0.3, -0.25) is 0 Å². The first kappa shape index (κ1) is 9.91. The maximum Gasteiger partial charge on any atom is 0.123 e. The molecule has 3 aromatic carbocycles. The van der Waals surface area contributed by atoms with Gasteiger partial charge >= 0.3 is 0 Å². The highest BCUT2D eigenvalue weighted by Gasteiger charge is 2.04. The van der Waals surface area contributed by atoms with E-state index in [9.17, 15) is 5.11 Å². The Morgan fingerprint density at radius 1 is 0.588 bits per heavy atom. The van der Waals surface area contributed by atoms with Gasteiger partial charge in [-0.1, -0.05) is 60.7 Å². The molecular weight excluding hydrogens is 208 g/mol. The molecule has 17 heavy (non-hydrogen) atoms. The standard InChI is InChI=1S/C16H12O/c17-16-11-5-9-14-13(8-4-10-15(14)16)12-6-2-1-3-7-12/h1-11,17H. The molecule has 0 aliphatic rings. The maximum absolute atomic E-state index is 9.84. The van der Waals surface area contributed by atoms with E-state index in [1.165, 1.54) is 5.56 Å². The third kappa shape index (κ3) is 1.66. The highest BCUT2D eigenvalue weighted by molar-refractivity contribution is 5.99. The summed E-state index contributed by atoms with van der Waals surface area (Å²) >= 11 is 0. The highest BCUT2D eigenvalue weighted by Crippen LogP contribution is 2.32. The molecule has 0 aromatic heterocycles. The van der Waals surface area contributed by atoms with Gasteiger partial charge in [0.25, 0.3) is 0 Å². The molecule has 3 aromatic rings. The Kier molecular flexibility index (Phi) is 2.30. The molecule has 0 saturated carbocycles. The van der Waals surface area contributed by atoms with Gasteiger partial charge in [-0.2, -0.15) is 0 Å². The van der Waals surface area contributed by atoms with Gasteiger partial charge in [-0.05, 0) is 22.6 Å². The average Bonchev–Trinajstić information content (AvgIpc) is 2.40. The summed E-state index contributed by atoms with van der Waals surface area (Å²) in [4.78, 5) is 0. The topological polar surface area (TPSA) is 20.2 Å². The second kappa shape index (κ2) is 3.95. The number of rotatable bonds is 1. The van der Waals surface area contributed by atoms with Crippen LogP contribution in [-0.4, -0.2) is 5.11 Å². The molecule has 0 aliphatic carbocycles. The number of hydrogen-bond acceptors (Lipinski definition) is 1. The van der Waals surface area contributed by atoms with Crippen molar-refractivity contribution in [3.63, 3.8) is 0 Å². The lowest BCUT2D eigenvalue weighted by Crippen LogP contribution is -1.81. The minimum absolute atomic E-state index is 0.334. The van der Waals surface area contributed by atoms with E-state index in [4.69, 9.17) is 0 Å². The van der Waals surface area contributed by atoms with Gasteiger partial charge in [0, 0.05) is 5.39 Å². The van der Waals surface area contributed by atoms with Crippen molar-refractivity contribution in [1.82, 2.24) is 0 Å². The van der Waals surface area contributed by atoms with Crippen molar-refractivity contribution in [3.05, 3.63) is 66.7 Å². The molecule has 1 heteroatoms. The van der Waals surface area contributed by atoms with E-state index in [2.05, 4.69) is 18.2 Å². The first-order chi connectivity index (χ1) is 8.36. The van der Waals surface area contributed by atoms with Gasteiger partial charge in [0.1, 0.15) is 5.75 Å². The van der Waals surface area contributed by atoms with Crippen LogP contribution in [0.5, 0.6) is 5.75 Å². The van der Waals surface area contributed by atoms with Crippen LogP contribution < -0.4 is 0 Å². The molecule has 1 N–H and O–H groups in total. The van der Waals surface area contributed by atoms with Crippen molar-refractivity contribution in [1.29, 1.82) is 0 Å². The Bertz CT molecular complexity index is 657. The molecule has 0 fully saturated rings. The smallest absolute Gasteiger partial charge is 0.123 e. The lowest BCUT2D eigenvalue weighted by atomic mass is 9.98. The highest BCUT2D eigenvalue weighted by atomic mass is 16.3. The van der Waals surface area contributed by atoms with Gasteiger partial charge in [-0.25, -0.2) is 0 Å². The molecule has 0 saturated heterocycles. The lowest BCUT2D eigenvalue weighted by Gasteiger charge is -2.07. The van der Waals surface area contributed by atoms with Crippen LogP contribution in [0.3, 0.4) is 0 Å². The lowest BCUT2D eigenvalue weighted by molar-refractivity contribution is 0.481. The molecule has 0 unspecified atom stereocenters. The Morgan fingerprint density at radius 2 is 1.29 bits per heavy atom. The van der Waals surface area contributed by atoms with Crippen molar-refractivity contribution >= 4 is 10.8 Å². The zero-order chi connectivity index (χ0) is 11.7. The Labute approximate surface area is 100.0 Å². The van der Waals surface area contributed by atoms with Crippen LogP contribution in [0.15, 0.2) is 66.7 Å². The van der Waals surface area contributed by atoms with Crippen LogP contribution in [0.2, 0.25) is 0 Å². The summed E-state index contributed by atoms with van der Waals surface area (Å²) in [6, 6.07) is 21.9. The quantitative estimate of drug-likeness (QED) is 0.651. The summed E-state index contributed by atoms with van der Waals surface area (Å²) in [5.41, 5.74) is 2.32. The van der Waals surface area contributed by atoms with Gasteiger partial charge < -0.3 is 5.11 Å². The summed E-state index contributed by atoms with van der Waals surface area (Å²) < 4.78 is 0. The average molecular weight is 220 g/mol. The molecule has 3 rings (SSSR count). The van der Waals surface area contributed by atoms with Crippen molar-refractivity contribution in [2.45, 2.75) is 0 Å². The predicted molar refractivity (Wildman–Crippen MR) is 71.0 cm³/mol. The molecule has 0 amide bonds. The molecule has 0 heterocycles. The molecule has 0 radical (unpaired) electrons. The zero-order valence-electron chi connectivity index (χ0n) is 9.30. The predicted octanol–water partition coefficient (Wildman–Crippen LogP) is 4.21. The van der Waals surface area contributed by atoms with E-state index in [0.29, 0.717) is 5.75 Å². The van der Waals surface area contributed by atoms with Crippen molar-refractivity contribution < 1.29 is 5.11 Å². The van der Waals surface area contributed by atoms with E-state index in [1.807, 2.05) is 42.5 Å². The van der Waals surface area contributed by atoms with Crippen molar-refractivity contribution in [2.75, 3.05) is 0 Å². The molecule has 0 aliphatic heterocycles. The monoisotopic (exact) mass is 220 g/mol. The summed E-state index contributed by atoms with van der Waals surface area (Å²) in [6.45, 7) is 0. The molecule has 82 valence electrons. The third-order valence-electron chi connectivity index (χ3n) is 2.98. The van der Waals surface area contributed by atoms with Gasteiger partial charge in [0.15, 0.2) is 0 Å². The number of benzene rings is 3. The van der Waals surface area contributed by atoms with Crippen molar-refractivity contribution in [3.8, 4) is 16.9 Å². The number of phenolic OH excluding ortho intramolecular Hbond substituents is 1. The van der Waals surface area contributed by atoms with Gasteiger partial charge in [0.05, 0.1) is 0 Å². The summed E-state index contributed by atoms with van der Waals surface area (Å²) in [6.07, 6.45) is 0. The number of aromatic hydroxyl groups is 1. The van der Waals surface area contributed by atoms with Crippen LogP contribution >= 0.6 is 0 Å². The molecule has 1 nitrogen and oxygen atoms in total. The molecule has 0 spiro atoms. The zero-order valence-corrected chi connectivity index (χ0v) is 9.30. The van der Waals surface area contributed by atoms with Gasteiger partial charge in [0.2, 0.25) is 0 Å². The van der Waals surface area contributed by atoms with Crippen molar-refractivity contribution in [2.24, 2.45) is 0 Å². The van der Waals surface area contributed by atoms with E-state index in [0.717, 1.165) is 16.3 Å². The fourth-order valence-corrected chi connectivity index (χ4v) is 2.16. The molecule has 0 bridgehead atoms. The van der Waals surface area contributed by atoms with Gasteiger partial charge in [-0.15, -0.1) is 0 Å². The van der Waals surface area contributed by atoms with Crippen LogP contribution in [0.1, 0.15) is 0 Å². The first-order valence-corrected chi connectivity index (χ1v) is 5.62. The normalized spacial score (nSPS) is 10.6. The number of hydrogen-bond donors (Lipinski definition) is 1. The SMILES string of the molecule is Oc1cccc2c(-c3ccccc3)cccc12. The van der Waals surface area contributed by atoms with E-state index in [-0.39, 0.29) is 0 Å². The Hall–Kier alpha value is -2.28. The van der Waals surface area contributed by atoms with E-state index >= 15 is 0 Å². The number of phenols is 1. The number of fused-ring (bicyclic) bond motifs is 1. The fourth-order valence-electron chi connectivity index (χ4n) is 2.16. The Morgan fingerprint density at radius 3 is 2.12 bits per heavy atom. The summed E-state index contributed by atoms with van der Waals surface area (Å²) in [7, 11) is 0. The maximum atomic E-state index is 9.84. The largest absolute Gasteiger partial charge is 0.507 e. The first-order valence-electron chi connectivity index (χ1n) is 5.62. The minimum atomic E-state index is 0.334. The van der Waals surface area contributed by atoms with Crippen LogP contribution in [0.4, 0.5) is 0 Å². The van der Waals surface area contributed by atoms with Crippen LogP contribution in [0.25, 0.3) is 21.9 Å². The summed E-state index contributed by atoms with van der Waals surface area (Å²) in [5.74, 6) is 0.334. The van der Waals surface area contributed by atoms with Crippen LogP contribution in [0, 0.1) is 0 Å². The summed E-state index contributed by atoms with van der Waals surface area (Å²) in [5, 5.41) is 11.8. The molecule has 0 atom stereocenters. The minimum Gasteiger partial charge on any atom is -0.507 e. The molecular formula is C16H12O. The van der Waals surface area contributed by atoms with E-state index < -0.39 is 0 Å². The fraction of sp³-hybridized carbons (Fsp3) is 0. The van der Waals surface area contributed by atoms with Crippen LogP contribution in [-0.2, 0) is 0 Å². The second-order valence-electron chi connectivity index (χ2n) is 4.04. The Balaban J connectivity index is 2.35.